The largest absolute Gasteiger partial charge is 0.491 e. The number of carboxylic acids is 1. The van der Waals surface area contributed by atoms with Crippen LogP contribution in [-0.4, -0.2) is 23.6 Å². The second kappa shape index (κ2) is 14.4. The lowest BCUT2D eigenvalue weighted by Crippen LogP contribution is -2.23. The Kier molecular flexibility index (Phi) is 10.6. The van der Waals surface area contributed by atoms with E-state index in [1.165, 1.54) is 24.3 Å². The number of para-hydroxylation sites is 2. The van der Waals surface area contributed by atoms with Gasteiger partial charge in [-0.3, -0.25) is 9.59 Å². The van der Waals surface area contributed by atoms with Gasteiger partial charge >= 0.3 is 18.3 Å². The molecule has 46 heavy (non-hydrogen) atoms. The van der Waals surface area contributed by atoms with Gasteiger partial charge in [-0.2, -0.15) is 26.3 Å². The van der Waals surface area contributed by atoms with Crippen molar-refractivity contribution in [1.82, 2.24) is 0 Å². The van der Waals surface area contributed by atoms with Crippen LogP contribution >= 0.6 is 0 Å². The van der Waals surface area contributed by atoms with E-state index in [4.69, 9.17) is 9.84 Å². The Bertz CT molecular complexity index is 1590. The molecule has 0 aliphatic heterocycles. The monoisotopic (exact) mass is 644 g/mol. The Balaban J connectivity index is 1.56. The maximum Gasteiger partial charge on any atom is 0.416 e. The van der Waals surface area contributed by atoms with E-state index < -0.39 is 35.4 Å². The molecule has 0 spiro atoms. The molecular formula is C34H30F6N2O4. The van der Waals surface area contributed by atoms with Crippen LogP contribution in [0.2, 0.25) is 0 Å². The van der Waals surface area contributed by atoms with Gasteiger partial charge in [0, 0.05) is 30.8 Å². The molecular weight excluding hydrogens is 614 g/mol. The average Bonchev–Trinajstić information content (AvgIpc) is 2.99. The molecule has 0 radical (unpaired) electrons. The first-order chi connectivity index (χ1) is 21.7. The van der Waals surface area contributed by atoms with Crippen molar-refractivity contribution in [3.05, 3.63) is 124 Å². The van der Waals surface area contributed by atoms with E-state index in [1.54, 1.807) is 54.3 Å². The van der Waals surface area contributed by atoms with Gasteiger partial charge in [0.2, 0.25) is 0 Å². The van der Waals surface area contributed by atoms with Crippen LogP contribution in [-0.2, 0) is 30.2 Å². The molecule has 1 amide bonds. The Labute approximate surface area is 261 Å². The fourth-order valence-electron chi connectivity index (χ4n) is 4.67. The highest BCUT2D eigenvalue weighted by Crippen LogP contribution is 2.32. The molecule has 12 heteroatoms. The maximum atomic E-state index is 13.3. The molecule has 4 aromatic rings. The highest BCUT2D eigenvalue weighted by Gasteiger charge is 2.31. The molecule has 0 aliphatic carbocycles. The summed E-state index contributed by atoms with van der Waals surface area (Å²) in [5.74, 6) is -1.01. The summed E-state index contributed by atoms with van der Waals surface area (Å²) in [6.45, 7) is 2.12. The fraction of sp³-hybridized carbons (Fsp3) is 0.235. The number of carbonyl (C=O) groups is 2. The van der Waals surface area contributed by atoms with Crippen molar-refractivity contribution in [2.45, 2.75) is 45.2 Å². The molecule has 0 aliphatic rings. The number of alkyl halides is 6. The van der Waals surface area contributed by atoms with Gasteiger partial charge in [0.15, 0.2) is 0 Å². The summed E-state index contributed by atoms with van der Waals surface area (Å²) in [7, 11) is 0. The number of carboxylic acid groups (broad SMARTS) is 1. The average molecular weight is 645 g/mol. The lowest BCUT2D eigenvalue weighted by molar-refractivity contribution is -0.138. The van der Waals surface area contributed by atoms with Crippen molar-refractivity contribution < 1.29 is 45.8 Å². The van der Waals surface area contributed by atoms with E-state index in [2.05, 4.69) is 5.32 Å². The van der Waals surface area contributed by atoms with Crippen LogP contribution in [0.3, 0.4) is 0 Å². The summed E-state index contributed by atoms with van der Waals surface area (Å²) in [4.78, 5) is 25.8. The smallest absolute Gasteiger partial charge is 0.416 e. The standard InChI is InChI=1S/C34H30F6N2O4/c1-22-19-27(16-17-28(22)32(45)41-29-5-2-3-6-30(29)46-18-4-7-31(43)44)42(20-23-8-12-25(13-9-23)33(35,36)37)21-24-10-14-26(15-11-24)34(38,39)40/h2-3,5-6,8-17,19H,4,7,18,20-21H2,1H3,(H,41,45)(H,43,44). The van der Waals surface area contributed by atoms with Crippen LogP contribution in [0.1, 0.15) is 51.0 Å². The van der Waals surface area contributed by atoms with Crippen LogP contribution in [0.4, 0.5) is 37.7 Å². The molecule has 0 heterocycles. The SMILES string of the molecule is Cc1cc(N(Cc2ccc(C(F)(F)F)cc2)Cc2ccc(C(F)(F)F)cc2)ccc1C(=O)Nc1ccccc1OCCCC(=O)O. The van der Waals surface area contributed by atoms with Crippen molar-refractivity contribution in [2.24, 2.45) is 0 Å². The Hall–Kier alpha value is -5.00. The summed E-state index contributed by atoms with van der Waals surface area (Å²) in [6, 6.07) is 20.9. The van der Waals surface area contributed by atoms with Crippen molar-refractivity contribution in [3.63, 3.8) is 0 Å². The number of amides is 1. The number of nitrogens with zero attached hydrogens (tertiary/aromatic N) is 1. The topological polar surface area (TPSA) is 78.9 Å². The summed E-state index contributed by atoms with van der Waals surface area (Å²) in [6.07, 6.45) is -8.78. The molecule has 0 bridgehead atoms. The van der Waals surface area contributed by atoms with Gasteiger partial charge in [-0.1, -0.05) is 36.4 Å². The van der Waals surface area contributed by atoms with Gasteiger partial charge in [-0.15, -0.1) is 0 Å². The number of halogens is 6. The minimum absolute atomic E-state index is 0.0607. The number of rotatable bonds is 12. The summed E-state index contributed by atoms with van der Waals surface area (Å²) < 4.78 is 84.3. The summed E-state index contributed by atoms with van der Waals surface area (Å²) in [5, 5.41) is 11.6. The van der Waals surface area contributed by atoms with Crippen molar-refractivity contribution in [3.8, 4) is 5.75 Å². The molecule has 0 atom stereocenters. The minimum atomic E-state index is -4.50. The number of benzene rings is 4. The van der Waals surface area contributed by atoms with Gasteiger partial charge < -0.3 is 20.1 Å². The van der Waals surface area contributed by atoms with Crippen LogP contribution in [0.25, 0.3) is 0 Å². The number of anilines is 2. The molecule has 0 aromatic heterocycles. The van der Waals surface area contributed by atoms with E-state index in [0.717, 1.165) is 24.3 Å². The van der Waals surface area contributed by atoms with Gasteiger partial charge in [-0.05, 0) is 84.6 Å². The second-order valence-electron chi connectivity index (χ2n) is 10.5. The van der Waals surface area contributed by atoms with E-state index in [9.17, 15) is 35.9 Å². The van der Waals surface area contributed by atoms with Gasteiger partial charge in [0.25, 0.3) is 5.91 Å². The lowest BCUT2D eigenvalue weighted by atomic mass is 10.0. The summed E-state index contributed by atoms with van der Waals surface area (Å²) >= 11 is 0. The van der Waals surface area contributed by atoms with E-state index in [-0.39, 0.29) is 32.5 Å². The normalized spacial score (nSPS) is 11.6. The van der Waals surface area contributed by atoms with E-state index in [0.29, 0.717) is 39.4 Å². The zero-order valence-corrected chi connectivity index (χ0v) is 24.6. The fourth-order valence-corrected chi connectivity index (χ4v) is 4.67. The number of aliphatic carboxylic acids is 1. The molecule has 4 rings (SSSR count). The van der Waals surface area contributed by atoms with Crippen LogP contribution in [0.5, 0.6) is 5.75 Å². The number of ether oxygens (including phenoxy) is 1. The molecule has 6 nitrogen and oxygen atoms in total. The number of aryl methyl sites for hydroxylation is 1. The number of hydrogen-bond acceptors (Lipinski definition) is 4. The number of nitrogens with one attached hydrogen (secondary N) is 1. The predicted octanol–water partition coefficient (Wildman–Crippen LogP) is 8.74. The van der Waals surface area contributed by atoms with Crippen LogP contribution < -0.4 is 15.0 Å². The first kappa shape index (κ1) is 33.9. The quantitative estimate of drug-likeness (QED) is 0.119. The molecule has 0 unspecified atom stereocenters. The lowest BCUT2D eigenvalue weighted by Gasteiger charge is -2.26. The van der Waals surface area contributed by atoms with Crippen LogP contribution in [0.15, 0.2) is 91.0 Å². The highest BCUT2D eigenvalue weighted by molar-refractivity contribution is 6.06. The first-order valence-corrected chi connectivity index (χ1v) is 14.1. The predicted molar refractivity (Wildman–Crippen MR) is 161 cm³/mol. The Morgan fingerprint density at radius 3 is 1.83 bits per heavy atom. The third kappa shape index (κ3) is 9.26. The minimum Gasteiger partial charge on any atom is -0.491 e. The Morgan fingerprint density at radius 2 is 1.33 bits per heavy atom. The third-order valence-electron chi connectivity index (χ3n) is 7.06. The van der Waals surface area contributed by atoms with Crippen molar-refractivity contribution >= 4 is 23.3 Å². The summed E-state index contributed by atoms with van der Waals surface area (Å²) in [5.41, 5.74) is 1.35. The second-order valence-corrected chi connectivity index (χ2v) is 10.5. The van der Waals surface area contributed by atoms with Gasteiger partial charge in [0.1, 0.15) is 5.75 Å². The first-order valence-electron chi connectivity index (χ1n) is 14.1. The highest BCUT2D eigenvalue weighted by atomic mass is 19.4. The number of carbonyl (C=O) groups excluding carboxylic acids is 1. The molecule has 4 aromatic carbocycles. The molecule has 242 valence electrons. The van der Waals surface area contributed by atoms with E-state index in [1.807, 2.05) is 0 Å². The zero-order valence-electron chi connectivity index (χ0n) is 24.6. The molecule has 2 N–H and O–H groups in total. The van der Waals surface area contributed by atoms with Gasteiger partial charge in [0.05, 0.1) is 23.4 Å². The number of hydrogen-bond donors (Lipinski definition) is 2. The zero-order chi connectivity index (χ0) is 33.5. The molecule has 0 saturated carbocycles. The van der Waals surface area contributed by atoms with E-state index >= 15 is 0 Å². The molecule has 0 fully saturated rings. The third-order valence-corrected chi connectivity index (χ3v) is 7.06. The van der Waals surface area contributed by atoms with Gasteiger partial charge in [-0.25, -0.2) is 0 Å². The van der Waals surface area contributed by atoms with Crippen LogP contribution in [0, 0.1) is 6.92 Å². The maximum absolute atomic E-state index is 13.3. The van der Waals surface area contributed by atoms with Crippen molar-refractivity contribution in [1.29, 1.82) is 0 Å². The van der Waals surface area contributed by atoms with Crippen molar-refractivity contribution in [2.75, 3.05) is 16.8 Å². The molecule has 0 saturated heterocycles. The Morgan fingerprint density at radius 1 is 0.783 bits per heavy atom.